The molecule has 2 N–H and O–H groups in total. The molecule has 0 amide bonds. The molecule has 11 heteroatoms. The number of alkyl halides is 8. The molecule has 0 heterocycles. The first kappa shape index (κ1) is 18.6. The van der Waals surface area contributed by atoms with Crippen LogP contribution in [0.15, 0.2) is 0 Å². The van der Waals surface area contributed by atoms with Crippen LogP contribution >= 0.6 is 0 Å². The van der Waals surface area contributed by atoms with Gasteiger partial charge in [-0.15, -0.1) is 0 Å². The number of halogens is 9. The smallest absolute Gasteiger partial charge is 0.335 e. The minimum absolute atomic E-state index is 0. The molecular formula is C6H7F9O2. The van der Waals surface area contributed by atoms with Gasteiger partial charge in [-0.3, -0.25) is 4.70 Å². The van der Waals surface area contributed by atoms with Crippen LogP contribution < -0.4 is 0 Å². The Labute approximate surface area is 88.2 Å². The number of aliphatic hydroxyl groups is 2. The van der Waals surface area contributed by atoms with Gasteiger partial charge < -0.3 is 10.2 Å². The Morgan fingerprint density at radius 1 is 0.824 bits per heavy atom. The second-order valence-corrected chi connectivity index (χ2v) is 2.97. The zero-order chi connectivity index (χ0) is 13.6. The van der Waals surface area contributed by atoms with E-state index in [9.17, 15) is 35.1 Å². The van der Waals surface area contributed by atoms with E-state index < -0.39 is 30.0 Å². The predicted molar refractivity (Wildman–Crippen MR) is 36.2 cm³/mol. The van der Waals surface area contributed by atoms with Crippen molar-refractivity contribution in [1.29, 1.82) is 0 Å². The van der Waals surface area contributed by atoms with E-state index in [4.69, 9.17) is 10.2 Å². The molecule has 0 bridgehead atoms. The van der Waals surface area contributed by atoms with Gasteiger partial charge in [-0.2, -0.15) is 30.7 Å². The second-order valence-electron chi connectivity index (χ2n) is 2.97. The van der Waals surface area contributed by atoms with Crippen molar-refractivity contribution in [1.82, 2.24) is 0 Å². The van der Waals surface area contributed by atoms with Gasteiger partial charge in [0, 0.05) is 0 Å². The lowest BCUT2D eigenvalue weighted by Gasteiger charge is -2.35. The van der Waals surface area contributed by atoms with Crippen LogP contribution in [-0.2, 0) is 0 Å². The standard InChI is InChI=1S/C6H6F8O2.FH/c1-2(7)3(8,9)4(10,11)5(12,13)6(14,15)16;/h2,15-16H,1H3;1H. The fourth-order valence-corrected chi connectivity index (χ4v) is 0.659. The van der Waals surface area contributed by atoms with Crippen LogP contribution in [0.4, 0.5) is 39.8 Å². The third-order valence-corrected chi connectivity index (χ3v) is 1.71. The van der Waals surface area contributed by atoms with Crippen molar-refractivity contribution in [3.63, 3.8) is 0 Å². The molecule has 0 aromatic carbocycles. The van der Waals surface area contributed by atoms with E-state index in [1.165, 1.54) is 0 Å². The van der Waals surface area contributed by atoms with Crippen LogP contribution in [0.5, 0.6) is 0 Å². The molecule has 17 heavy (non-hydrogen) atoms. The topological polar surface area (TPSA) is 40.5 Å². The summed E-state index contributed by atoms with van der Waals surface area (Å²) >= 11 is 0. The van der Waals surface area contributed by atoms with Gasteiger partial charge >= 0.3 is 23.8 Å². The maximum atomic E-state index is 12.4. The van der Waals surface area contributed by atoms with Crippen molar-refractivity contribution in [3.8, 4) is 0 Å². The van der Waals surface area contributed by atoms with Gasteiger partial charge in [-0.1, -0.05) is 0 Å². The molecule has 0 radical (unpaired) electrons. The highest BCUT2D eigenvalue weighted by molar-refractivity contribution is 5.02. The van der Waals surface area contributed by atoms with Crippen LogP contribution in [0.3, 0.4) is 0 Å². The molecule has 1 atom stereocenters. The summed E-state index contributed by atoms with van der Waals surface area (Å²) < 4.78 is 98.1. The zero-order valence-corrected chi connectivity index (χ0v) is 7.90. The molecular weight excluding hydrogens is 275 g/mol. The summed E-state index contributed by atoms with van der Waals surface area (Å²) in [5, 5.41) is 15.3. The third-order valence-electron chi connectivity index (χ3n) is 1.71. The quantitative estimate of drug-likeness (QED) is 0.611. The lowest BCUT2D eigenvalue weighted by atomic mass is 10.00. The molecule has 0 aromatic rings. The van der Waals surface area contributed by atoms with Gasteiger partial charge in [-0.05, 0) is 6.92 Å². The van der Waals surface area contributed by atoms with Crippen LogP contribution in [0.25, 0.3) is 0 Å². The summed E-state index contributed by atoms with van der Waals surface area (Å²) in [5.41, 5.74) is 0. The fourth-order valence-electron chi connectivity index (χ4n) is 0.659. The molecule has 0 rings (SSSR count). The summed E-state index contributed by atoms with van der Waals surface area (Å²) in [6.07, 6.45) is -3.75. The molecule has 0 aliphatic heterocycles. The monoisotopic (exact) mass is 282 g/mol. The van der Waals surface area contributed by atoms with Gasteiger partial charge in [0.15, 0.2) is 6.17 Å². The summed E-state index contributed by atoms with van der Waals surface area (Å²) in [5.74, 6) is -19.2. The van der Waals surface area contributed by atoms with Gasteiger partial charge in [0.2, 0.25) is 0 Å². The van der Waals surface area contributed by atoms with E-state index in [0.717, 1.165) is 0 Å². The van der Waals surface area contributed by atoms with Gasteiger partial charge in [0.05, 0.1) is 0 Å². The fraction of sp³-hybridized carbons (Fsp3) is 1.00. The third kappa shape index (κ3) is 2.59. The van der Waals surface area contributed by atoms with Crippen molar-refractivity contribution in [2.24, 2.45) is 0 Å². The molecule has 0 fully saturated rings. The van der Waals surface area contributed by atoms with Crippen LogP contribution in [0.1, 0.15) is 6.92 Å². The number of rotatable bonds is 4. The maximum absolute atomic E-state index is 12.4. The average Bonchev–Trinajstić information content (AvgIpc) is 2.00. The Morgan fingerprint density at radius 2 is 1.12 bits per heavy atom. The average molecular weight is 282 g/mol. The van der Waals surface area contributed by atoms with E-state index in [-0.39, 0.29) is 11.6 Å². The van der Waals surface area contributed by atoms with Crippen LogP contribution in [-0.4, -0.2) is 40.2 Å². The van der Waals surface area contributed by atoms with Crippen LogP contribution in [0, 0.1) is 0 Å². The van der Waals surface area contributed by atoms with Gasteiger partial charge in [0.25, 0.3) is 0 Å². The SMILES string of the molecule is CC(F)C(F)(F)C(F)(F)C(F)(F)C(O)(O)F.F. The van der Waals surface area contributed by atoms with Crippen molar-refractivity contribution >= 4 is 0 Å². The highest BCUT2D eigenvalue weighted by Crippen LogP contribution is 2.51. The Kier molecular flexibility index (Phi) is 4.96. The normalized spacial score (nSPS) is 16.4. The first-order chi connectivity index (χ1) is 6.69. The van der Waals surface area contributed by atoms with E-state index in [0.29, 0.717) is 0 Å². The van der Waals surface area contributed by atoms with E-state index in [1.54, 1.807) is 0 Å². The summed E-state index contributed by atoms with van der Waals surface area (Å²) in [6.45, 7) is -0.168. The molecule has 2 nitrogen and oxygen atoms in total. The first-order valence-corrected chi connectivity index (χ1v) is 3.60. The molecule has 0 spiro atoms. The van der Waals surface area contributed by atoms with E-state index in [2.05, 4.69) is 0 Å². The second kappa shape index (κ2) is 4.52. The van der Waals surface area contributed by atoms with Gasteiger partial charge in [0.1, 0.15) is 0 Å². The molecule has 0 aliphatic rings. The molecule has 0 aliphatic carbocycles. The number of hydrogen-bond acceptors (Lipinski definition) is 2. The number of hydrogen-bond donors (Lipinski definition) is 2. The van der Waals surface area contributed by atoms with E-state index in [1.807, 2.05) is 0 Å². The Bertz CT molecular complexity index is 257. The molecule has 106 valence electrons. The Morgan fingerprint density at radius 3 is 1.29 bits per heavy atom. The lowest BCUT2D eigenvalue weighted by Crippen LogP contribution is -2.65. The van der Waals surface area contributed by atoms with Crippen molar-refractivity contribution in [2.45, 2.75) is 36.9 Å². The van der Waals surface area contributed by atoms with Gasteiger partial charge in [-0.25, -0.2) is 4.39 Å². The summed E-state index contributed by atoms with van der Waals surface area (Å²) in [6, 6.07) is -5.91. The van der Waals surface area contributed by atoms with Crippen molar-refractivity contribution in [3.05, 3.63) is 0 Å². The molecule has 0 saturated heterocycles. The summed E-state index contributed by atoms with van der Waals surface area (Å²) in [7, 11) is 0. The molecule has 0 aromatic heterocycles. The minimum Gasteiger partial charge on any atom is -0.335 e. The minimum atomic E-state index is -6.62. The molecule has 0 saturated carbocycles. The zero-order valence-electron chi connectivity index (χ0n) is 7.90. The highest BCUT2D eigenvalue weighted by atomic mass is 19.4. The van der Waals surface area contributed by atoms with Crippen molar-refractivity contribution in [2.75, 3.05) is 0 Å². The summed E-state index contributed by atoms with van der Waals surface area (Å²) in [4.78, 5) is 0. The maximum Gasteiger partial charge on any atom is 0.399 e. The largest absolute Gasteiger partial charge is 0.399 e. The Balaban J connectivity index is 0. The van der Waals surface area contributed by atoms with E-state index >= 15 is 0 Å². The predicted octanol–water partition coefficient (Wildman–Crippen LogP) is 2.01. The lowest BCUT2D eigenvalue weighted by molar-refractivity contribution is -0.443. The molecule has 1 unspecified atom stereocenters. The van der Waals surface area contributed by atoms with Crippen molar-refractivity contribution < 1.29 is 50.0 Å². The Hall–Kier alpha value is -0.710. The van der Waals surface area contributed by atoms with Crippen LogP contribution in [0.2, 0.25) is 0 Å². The highest BCUT2D eigenvalue weighted by Gasteiger charge is 2.81. The first-order valence-electron chi connectivity index (χ1n) is 3.60.